The van der Waals surface area contributed by atoms with E-state index in [1.165, 1.54) is 6.42 Å². The molecule has 3 heteroatoms. The highest BCUT2D eigenvalue weighted by atomic mass is 16.5. The van der Waals surface area contributed by atoms with Crippen molar-refractivity contribution in [2.75, 3.05) is 19.8 Å². The van der Waals surface area contributed by atoms with Crippen LogP contribution in [0.1, 0.15) is 32.1 Å². The van der Waals surface area contributed by atoms with Gasteiger partial charge in [-0.05, 0) is 32.1 Å². The number of ketones is 1. The number of Topliss-reactive ketones (excluding diaryl/α,β-unsaturated/α-hetero) is 1. The summed E-state index contributed by atoms with van der Waals surface area (Å²) in [6.45, 7) is 1.74. The zero-order valence-electron chi connectivity index (χ0n) is 8.54. The van der Waals surface area contributed by atoms with Crippen LogP contribution in [0.5, 0.6) is 0 Å². The molecule has 3 nitrogen and oxygen atoms in total. The minimum Gasteiger partial charge on any atom is -0.376 e. The van der Waals surface area contributed by atoms with Crippen LogP contribution in [-0.2, 0) is 14.3 Å². The van der Waals surface area contributed by atoms with Gasteiger partial charge in [0.05, 0.1) is 12.7 Å². The average molecular weight is 198 g/mol. The molecule has 0 aromatic heterocycles. The maximum Gasteiger partial charge on any atom is 0.161 e. The van der Waals surface area contributed by atoms with Crippen LogP contribution in [0.25, 0.3) is 0 Å². The summed E-state index contributed by atoms with van der Waals surface area (Å²) >= 11 is 0. The van der Waals surface area contributed by atoms with Gasteiger partial charge >= 0.3 is 0 Å². The van der Waals surface area contributed by atoms with Gasteiger partial charge in [0.1, 0.15) is 6.61 Å². The molecule has 2 fully saturated rings. The summed E-state index contributed by atoms with van der Waals surface area (Å²) in [7, 11) is 0. The molecule has 0 aromatic carbocycles. The lowest BCUT2D eigenvalue weighted by atomic mass is 10.1. The fourth-order valence-electron chi connectivity index (χ4n) is 1.75. The van der Waals surface area contributed by atoms with Crippen molar-refractivity contribution in [2.24, 2.45) is 5.92 Å². The first-order chi connectivity index (χ1) is 6.86. The summed E-state index contributed by atoms with van der Waals surface area (Å²) in [6.07, 6.45) is 5.85. The highest BCUT2D eigenvalue weighted by Gasteiger charge is 2.29. The molecule has 1 aliphatic carbocycles. The van der Waals surface area contributed by atoms with E-state index < -0.39 is 0 Å². The van der Waals surface area contributed by atoms with Gasteiger partial charge in [0.25, 0.3) is 0 Å². The molecular weight excluding hydrogens is 180 g/mol. The zero-order valence-corrected chi connectivity index (χ0v) is 8.54. The summed E-state index contributed by atoms with van der Waals surface area (Å²) in [5.41, 5.74) is 0. The number of carbonyl (C=O) groups excluding carboxylic acids is 1. The van der Waals surface area contributed by atoms with Crippen molar-refractivity contribution in [3.8, 4) is 0 Å². The summed E-state index contributed by atoms with van der Waals surface area (Å²) in [6, 6.07) is 0. The van der Waals surface area contributed by atoms with Gasteiger partial charge in [0.15, 0.2) is 5.78 Å². The molecule has 80 valence electrons. The van der Waals surface area contributed by atoms with Crippen molar-refractivity contribution < 1.29 is 14.3 Å². The molecule has 0 N–H and O–H groups in total. The second kappa shape index (κ2) is 4.89. The monoisotopic (exact) mass is 198 g/mol. The first kappa shape index (κ1) is 10.1. The Morgan fingerprint density at radius 3 is 2.79 bits per heavy atom. The van der Waals surface area contributed by atoms with E-state index in [2.05, 4.69) is 0 Å². The van der Waals surface area contributed by atoms with Crippen LogP contribution in [0.15, 0.2) is 0 Å². The van der Waals surface area contributed by atoms with E-state index in [-0.39, 0.29) is 11.9 Å². The van der Waals surface area contributed by atoms with E-state index in [0.717, 1.165) is 32.3 Å². The Balaban J connectivity index is 1.54. The minimum absolute atomic E-state index is 0.232. The molecule has 1 atom stereocenters. The topological polar surface area (TPSA) is 35.5 Å². The lowest BCUT2D eigenvalue weighted by Gasteiger charge is -2.22. The van der Waals surface area contributed by atoms with Crippen molar-refractivity contribution in [1.82, 2.24) is 0 Å². The largest absolute Gasteiger partial charge is 0.376 e. The lowest BCUT2D eigenvalue weighted by Crippen LogP contribution is -2.26. The van der Waals surface area contributed by atoms with E-state index in [1.807, 2.05) is 0 Å². The molecule has 0 amide bonds. The summed E-state index contributed by atoms with van der Waals surface area (Å²) in [4.78, 5) is 11.3. The molecule has 0 aromatic rings. The van der Waals surface area contributed by atoms with Gasteiger partial charge in [-0.25, -0.2) is 0 Å². The first-order valence-electron chi connectivity index (χ1n) is 5.58. The Morgan fingerprint density at radius 1 is 1.29 bits per heavy atom. The third kappa shape index (κ3) is 3.07. The van der Waals surface area contributed by atoms with E-state index in [1.54, 1.807) is 0 Å². The average Bonchev–Trinajstić information content (AvgIpc) is 3.02. The second-order valence-electron chi connectivity index (χ2n) is 4.24. The van der Waals surface area contributed by atoms with E-state index >= 15 is 0 Å². The van der Waals surface area contributed by atoms with E-state index in [0.29, 0.717) is 19.1 Å². The highest BCUT2D eigenvalue weighted by Crippen LogP contribution is 2.29. The fourth-order valence-corrected chi connectivity index (χ4v) is 1.75. The van der Waals surface area contributed by atoms with Gasteiger partial charge < -0.3 is 9.47 Å². The van der Waals surface area contributed by atoms with Gasteiger partial charge in [-0.2, -0.15) is 0 Å². The quantitative estimate of drug-likeness (QED) is 0.672. The molecule has 1 saturated heterocycles. The predicted octanol–water partition coefficient (Wildman–Crippen LogP) is 1.55. The Morgan fingerprint density at radius 2 is 2.14 bits per heavy atom. The van der Waals surface area contributed by atoms with E-state index in [4.69, 9.17) is 9.47 Å². The van der Waals surface area contributed by atoms with Gasteiger partial charge in [0.2, 0.25) is 0 Å². The molecule has 0 bridgehead atoms. The van der Waals surface area contributed by atoms with Gasteiger partial charge in [-0.3, -0.25) is 4.79 Å². The summed E-state index contributed by atoms with van der Waals surface area (Å²) in [5.74, 6) is 0.600. The van der Waals surface area contributed by atoms with Crippen LogP contribution < -0.4 is 0 Å². The van der Waals surface area contributed by atoms with E-state index in [9.17, 15) is 4.79 Å². The number of hydrogen-bond donors (Lipinski definition) is 0. The lowest BCUT2D eigenvalue weighted by molar-refractivity contribution is -0.127. The highest BCUT2D eigenvalue weighted by molar-refractivity contribution is 5.84. The molecule has 0 spiro atoms. The van der Waals surface area contributed by atoms with Crippen molar-refractivity contribution in [3.63, 3.8) is 0 Å². The van der Waals surface area contributed by atoms with Gasteiger partial charge in [-0.1, -0.05) is 0 Å². The molecule has 0 radical (unpaired) electrons. The van der Waals surface area contributed by atoms with Crippen LogP contribution in [0, 0.1) is 5.92 Å². The van der Waals surface area contributed by atoms with Crippen LogP contribution in [0.2, 0.25) is 0 Å². The second-order valence-corrected chi connectivity index (χ2v) is 4.24. The Hall–Kier alpha value is -0.410. The van der Waals surface area contributed by atoms with Gasteiger partial charge in [0, 0.05) is 12.5 Å². The predicted molar refractivity (Wildman–Crippen MR) is 52.1 cm³/mol. The SMILES string of the molecule is O=C(COCC1CCCCO1)C1CC1. The van der Waals surface area contributed by atoms with Crippen molar-refractivity contribution in [1.29, 1.82) is 0 Å². The standard InChI is InChI=1S/C11H18O3/c12-11(9-4-5-9)8-13-7-10-3-1-2-6-14-10/h9-10H,1-8H2. The Bertz CT molecular complexity index is 193. The van der Waals surface area contributed by atoms with Crippen molar-refractivity contribution in [3.05, 3.63) is 0 Å². The Labute approximate surface area is 84.8 Å². The number of ether oxygens (including phenoxy) is 2. The molecule has 1 aliphatic heterocycles. The Kier molecular flexibility index (Phi) is 3.54. The number of rotatable bonds is 5. The van der Waals surface area contributed by atoms with Crippen LogP contribution >= 0.6 is 0 Å². The first-order valence-corrected chi connectivity index (χ1v) is 5.58. The zero-order chi connectivity index (χ0) is 9.80. The normalized spacial score (nSPS) is 27.6. The summed E-state index contributed by atoms with van der Waals surface area (Å²) < 4.78 is 10.9. The molecule has 1 heterocycles. The molecule has 14 heavy (non-hydrogen) atoms. The maximum atomic E-state index is 11.3. The fraction of sp³-hybridized carbons (Fsp3) is 0.909. The van der Waals surface area contributed by atoms with Crippen LogP contribution in [0.3, 0.4) is 0 Å². The molecular formula is C11H18O3. The molecule has 2 aliphatic rings. The van der Waals surface area contributed by atoms with Crippen molar-refractivity contribution in [2.45, 2.75) is 38.2 Å². The molecule has 1 saturated carbocycles. The van der Waals surface area contributed by atoms with Crippen LogP contribution in [0.4, 0.5) is 0 Å². The number of hydrogen-bond acceptors (Lipinski definition) is 3. The van der Waals surface area contributed by atoms with Crippen molar-refractivity contribution >= 4 is 5.78 Å². The summed E-state index contributed by atoms with van der Waals surface area (Å²) in [5, 5.41) is 0. The van der Waals surface area contributed by atoms with Gasteiger partial charge in [-0.15, -0.1) is 0 Å². The maximum absolute atomic E-state index is 11.3. The minimum atomic E-state index is 0.232. The molecule has 2 rings (SSSR count). The van der Waals surface area contributed by atoms with Crippen LogP contribution in [-0.4, -0.2) is 31.7 Å². The number of carbonyl (C=O) groups is 1. The third-order valence-corrected chi connectivity index (χ3v) is 2.85. The molecule has 1 unspecified atom stereocenters. The smallest absolute Gasteiger partial charge is 0.161 e. The third-order valence-electron chi connectivity index (χ3n) is 2.85.